The minimum atomic E-state index is -0.538. The van der Waals surface area contributed by atoms with Gasteiger partial charge in [-0.15, -0.1) is 0 Å². The van der Waals surface area contributed by atoms with Crippen molar-refractivity contribution in [2.75, 3.05) is 0 Å². The lowest BCUT2D eigenvalue weighted by molar-refractivity contribution is -0.384. The van der Waals surface area contributed by atoms with Gasteiger partial charge in [-0.05, 0) is 28.7 Å². The number of aromatic nitrogens is 1. The number of rotatable bonds is 4. The lowest BCUT2D eigenvalue weighted by atomic mass is 10.2. The normalized spacial score (nSPS) is 10.2. The van der Waals surface area contributed by atoms with Crippen molar-refractivity contribution in [3.05, 3.63) is 55.5 Å². The molecule has 1 amide bonds. The number of amides is 1. The molecule has 7 nitrogen and oxygen atoms in total. The van der Waals surface area contributed by atoms with Crippen LogP contribution < -0.4 is 5.32 Å². The monoisotopic (exact) mass is 373 g/mol. The molecule has 98 valence electrons. The molecule has 0 unspecified atom stereocenters. The van der Waals surface area contributed by atoms with E-state index in [1.165, 1.54) is 24.4 Å². The van der Waals surface area contributed by atoms with Gasteiger partial charge in [0.25, 0.3) is 11.6 Å². The number of nitrogens with one attached hydrogen (secondary N) is 1. The van der Waals surface area contributed by atoms with Crippen molar-refractivity contribution in [2.45, 2.75) is 6.54 Å². The minimum absolute atomic E-state index is 0.120. The SMILES string of the molecule is O=C(NCc1ccno1)c1cc([N+](=O)[O-])ccc1I. The average Bonchev–Trinajstić information content (AvgIpc) is 2.89. The van der Waals surface area contributed by atoms with Crippen LogP contribution in [0.15, 0.2) is 35.0 Å². The maximum Gasteiger partial charge on any atom is 0.270 e. The minimum Gasteiger partial charge on any atom is -0.360 e. The fourth-order valence-corrected chi connectivity index (χ4v) is 1.98. The van der Waals surface area contributed by atoms with Crippen LogP contribution >= 0.6 is 22.6 Å². The number of hydrogen-bond acceptors (Lipinski definition) is 5. The van der Waals surface area contributed by atoms with Crippen molar-refractivity contribution in [3.63, 3.8) is 0 Å². The highest BCUT2D eigenvalue weighted by Gasteiger charge is 2.15. The van der Waals surface area contributed by atoms with Crippen molar-refractivity contribution in [1.29, 1.82) is 0 Å². The molecule has 0 atom stereocenters. The molecule has 0 aliphatic carbocycles. The number of nitrogens with zero attached hydrogens (tertiary/aromatic N) is 2. The fraction of sp³-hybridized carbons (Fsp3) is 0.0909. The first kappa shape index (κ1) is 13.5. The maximum absolute atomic E-state index is 11.9. The zero-order valence-corrected chi connectivity index (χ0v) is 11.7. The van der Waals surface area contributed by atoms with E-state index in [1.807, 2.05) is 22.6 Å². The molecule has 0 bridgehead atoms. The third-order valence-electron chi connectivity index (χ3n) is 2.32. The zero-order chi connectivity index (χ0) is 13.8. The largest absolute Gasteiger partial charge is 0.360 e. The zero-order valence-electron chi connectivity index (χ0n) is 9.50. The van der Waals surface area contributed by atoms with E-state index in [9.17, 15) is 14.9 Å². The second kappa shape index (κ2) is 5.78. The van der Waals surface area contributed by atoms with E-state index in [1.54, 1.807) is 6.07 Å². The molecular formula is C11H8IN3O4. The highest BCUT2D eigenvalue weighted by molar-refractivity contribution is 14.1. The van der Waals surface area contributed by atoms with Crippen molar-refractivity contribution < 1.29 is 14.2 Å². The van der Waals surface area contributed by atoms with Crippen LogP contribution in [0.4, 0.5) is 5.69 Å². The number of nitro groups is 1. The summed E-state index contributed by atoms with van der Waals surface area (Å²) >= 11 is 1.95. The van der Waals surface area contributed by atoms with Gasteiger partial charge < -0.3 is 9.84 Å². The summed E-state index contributed by atoms with van der Waals surface area (Å²) in [7, 11) is 0. The number of benzene rings is 1. The molecule has 0 aliphatic heterocycles. The van der Waals surface area contributed by atoms with Gasteiger partial charge in [0, 0.05) is 21.8 Å². The van der Waals surface area contributed by atoms with E-state index < -0.39 is 10.8 Å². The molecule has 1 aromatic heterocycles. The molecule has 2 aromatic rings. The van der Waals surface area contributed by atoms with Gasteiger partial charge in [0.15, 0.2) is 5.76 Å². The lowest BCUT2D eigenvalue weighted by Gasteiger charge is -2.05. The second-order valence-corrected chi connectivity index (χ2v) is 4.74. The van der Waals surface area contributed by atoms with Crippen LogP contribution in [0.25, 0.3) is 0 Å². The van der Waals surface area contributed by atoms with Crippen LogP contribution in [0.5, 0.6) is 0 Å². The molecular weight excluding hydrogens is 365 g/mol. The predicted molar refractivity (Wildman–Crippen MR) is 73.5 cm³/mol. The lowest BCUT2D eigenvalue weighted by Crippen LogP contribution is -2.23. The first-order valence-electron chi connectivity index (χ1n) is 5.19. The molecule has 1 aromatic carbocycles. The molecule has 8 heteroatoms. The molecule has 0 aliphatic rings. The Morgan fingerprint density at radius 1 is 1.47 bits per heavy atom. The number of carbonyl (C=O) groups is 1. The Kier molecular flexibility index (Phi) is 4.10. The summed E-state index contributed by atoms with van der Waals surface area (Å²) in [6.07, 6.45) is 1.47. The topological polar surface area (TPSA) is 98.3 Å². The van der Waals surface area contributed by atoms with Gasteiger partial charge in [-0.2, -0.15) is 0 Å². The molecule has 19 heavy (non-hydrogen) atoms. The van der Waals surface area contributed by atoms with Crippen LogP contribution in [0.3, 0.4) is 0 Å². The molecule has 1 heterocycles. The predicted octanol–water partition coefficient (Wildman–Crippen LogP) is 2.12. The smallest absolute Gasteiger partial charge is 0.270 e. The van der Waals surface area contributed by atoms with Crippen LogP contribution in [0.2, 0.25) is 0 Å². The van der Waals surface area contributed by atoms with Gasteiger partial charge in [0.2, 0.25) is 0 Å². The Morgan fingerprint density at radius 2 is 2.26 bits per heavy atom. The number of non-ortho nitro benzene ring substituents is 1. The quantitative estimate of drug-likeness (QED) is 0.503. The Hall–Kier alpha value is -1.97. The van der Waals surface area contributed by atoms with E-state index >= 15 is 0 Å². The Morgan fingerprint density at radius 3 is 2.89 bits per heavy atom. The van der Waals surface area contributed by atoms with Crippen LogP contribution in [-0.2, 0) is 6.54 Å². The summed E-state index contributed by atoms with van der Waals surface area (Å²) in [5.74, 6) is 0.110. The first-order chi connectivity index (χ1) is 9.08. The summed E-state index contributed by atoms with van der Waals surface area (Å²) in [6.45, 7) is 0.178. The third kappa shape index (κ3) is 3.28. The van der Waals surface area contributed by atoms with Crippen molar-refractivity contribution >= 4 is 34.2 Å². The Labute approximate surface area is 121 Å². The summed E-state index contributed by atoms with van der Waals surface area (Å²) < 4.78 is 5.47. The number of hydrogen-bond donors (Lipinski definition) is 1. The number of carbonyl (C=O) groups excluding carboxylic acids is 1. The van der Waals surface area contributed by atoms with E-state index in [0.717, 1.165) is 0 Å². The average molecular weight is 373 g/mol. The van der Waals surface area contributed by atoms with Crippen molar-refractivity contribution in [3.8, 4) is 0 Å². The second-order valence-electron chi connectivity index (χ2n) is 3.58. The molecule has 1 N–H and O–H groups in total. The summed E-state index contributed by atoms with van der Waals surface area (Å²) in [6, 6.07) is 5.76. The molecule has 0 spiro atoms. The summed E-state index contributed by atoms with van der Waals surface area (Å²) in [4.78, 5) is 22.1. The Bertz CT molecular complexity index is 612. The first-order valence-corrected chi connectivity index (χ1v) is 6.27. The fourth-order valence-electron chi connectivity index (χ4n) is 1.40. The molecule has 0 fully saturated rings. The van der Waals surface area contributed by atoms with E-state index in [2.05, 4.69) is 10.5 Å². The molecule has 0 saturated heterocycles. The Balaban J connectivity index is 2.14. The molecule has 0 saturated carbocycles. The highest BCUT2D eigenvalue weighted by Crippen LogP contribution is 2.19. The van der Waals surface area contributed by atoms with Gasteiger partial charge in [0.05, 0.1) is 23.2 Å². The molecule has 0 radical (unpaired) electrons. The molecule has 2 rings (SSSR count). The van der Waals surface area contributed by atoms with Gasteiger partial charge >= 0.3 is 0 Å². The van der Waals surface area contributed by atoms with Gasteiger partial charge in [-0.25, -0.2) is 0 Å². The van der Waals surface area contributed by atoms with Gasteiger partial charge in [-0.3, -0.25) is 14.9 Å². The van der Waals surface area contributed by atoms with E-state index in [0.29, 0.717) is 9.33 Å². The van der Waals surface area contributed by atoms with Crippen molar-refractivity contribution in [2.24, 2.45) is 0 Å². The number of nitro benzene ring substituents is 1. The number of halogens is 1. The van der Waals surface area contributed by atoms with E-state index in [-0.39, 0.29) is 17.8 Å². The summed E-state index contributed by atoms with van der Waals surface area (Å²) in [5, 5.41) is 16.8. The third-order valence-corrected chi connectivity index (χ3v) is 3.26. The van der Waals surface area contributed by atoms with Crippen LogP contribution in [0, 0.1) is 13.7 Å². The van der Waals surface area contributed by atoms with Crippen LogP contribution in [-0.4, -0.2) is 16.0 Å². The van der Waals surface area contributed by atoms with Gasteiger partial charge in [0.1, 0.15) is 0 Å². The standard InChI is InChI=1S/C11H8IN3O4/c12-10-2-1-7(15(17)18)5-9(10)11(16)13-6-8-3-4-14-19-8/h1-5H,6H2,(H,13,16). The van der Waals surface area contributed by atoms with Crippen molar-refractivity contribution in [1.82, 2.24) is 10.5 Å². The maximum atomic E-state index is 11.9. The van der Waals surface area contributed by atoms with Gasteiger partial charge in [-0.1, -0.05) is 5.16 Å². The van der Waals surface area contributed by atoms with E-state index in [4.69, 9.17) is 4.52 Å². The van der Waals surface area contributed by atoms with Crippen LogP contribution in [0.1, 0.15) is 16.1 Å². The summed E-state index contributed by atoms with van der Waals surface area (Å²) in [5.41, 5.74) is 0.138. The highest BCUT2D eigenvalue weighted by atomic mass is 127.